The van der Waals surface area contributed by atoms with E-state index in [1.807, 2.05) is 42.5 Å². The molecule has 1 unspecified atom stereocenters. The maximum absolute atomic E-state index is 12.3. The summed E-state index contributed by atoms with van der Waals surface area (Å²) in [5.41, 5.74) is 8.04. The van der Waals surface area contributed by atoms with Gasteiger partial charge in [0, 0.05) is 23.4 Å². The molecule has 2 heterocycles. The molecule has 1 aliphatic heterocycles. The minimum Gasteiger partial charge on any atom is -0.366 e. The molecule has 3 aromatic carbocycles. The Hall–Kier alpha value is -4.53. The van der Waals surface area contributed by atoms with E-state index >= 15 is 0 Å². The first kappa shape index (κ1) is 19.4. The summed E-state index contributed by atoms with van der Waals surface area (Å²) < 4.78 is 1.60. The number of carbonyl (C=O) groups is 1. The van der Waals surface area contributed by atoms with Crippen LogP contribution in [0.5, 0.6) is 0 Å². The molecular formula is C23H18N6O3. The second-order valence-electron chi connectivity index (χ2n) is 7.51. The fourth-order valence-corrected chi connectivity index (χ4v) is 4.09. The van der Waals surface area contributed by atoms with Gasteiger partial charge < -0.3 is 11.1 Å². The zero-order valence-corrected chi connectivity index (χ0v) is 17.0. The van der Waals surface area contributed by atoms with Crippen LogP contribution in [0.15, 0.2) is 78.0 Å². The van der Waals surface area contributed by atoms with Crippen molar-refractivity contribution in [1.29, 1.82) is 0 Å². The number of nitrogens with zero attached hydrogens (tertiary/aromatic N) is 4. The number of anilines is 1. The van der Waals surface area contributed by atoms with E-state index in [0.29, 0.717) is 28.6 Å². The number of nitrogens with two attached hydrogens (primary N) is 1. The zero-order valence-electron chi connectivity index (χ0n) is 17.0. The molecule has 32 heavy (non-hydrogen) atoms. The van der Waals surface area contributed by atoms with Gasteiger partial charge in [0.15, 0.2) is 5.82 Å². The molecule has 0 fully saturated rings. The Morgan fingerprint density at radius 1 is 1.09 bits per heavy atom. The second kappa shape index (κ2) is 7.31. The minimum absolute atomic E-state index is 0.0423. The highest BCUT2D eigenvalue weighted by molar-refractivity contribution is 5.96. The van der Waals surface area contributed by atoms with Crippen molar-refractivity contribution in [2.75, 3.05) is 5.32 Å². The number of hydrogen-bond acceptors (Lipinski definition) is 6. The first-order valence-corrected chi connectivity index (χ1v) is 9.90. The van der Waals surface area contributed by atoms with Crippen LogP contribution < -0.4 is 11.1 Å². The Kier molecular flexibility index (Phi) is 4.44. The highest BCUT2D eigenvalue weighted by atomic mass is 16.6. The molecule has 4 aromatic rings. The van der Waals surface area contributed by atoms with E-state index in [0.717, 1.165) is 16.3 Å². The third-order valence-electron chi connectivity index (χ3n) is 5.57. The summed E-state index contributed by atoms with van der Waals surface area (Å²) in [4.78, 5) is 27.6. The van der Waals surface area contributed by atoms with Gasteiger partial charge in [-0.2, -0.15) is 4.98 Å². The molecule has 1 amide bonds. The molecule has 158 valence electrons. The normalized spacial score (nSPS) is 15.3. The van der Waals surface area contributed by atoms with Crippen molar-refractivity contribution in [2.45, 2.75) is 13.0 Å². The minimum atomic E-state index is -0.666. The van der Waals surface area contributed by atoms with Gasteiger partial charge in [0.2, 0.25) is 11.9 Å². The number of allylic oxidation sites excluding steroid dienone is 1. The van der Waals surface area contributed by atoms with Gasteiger partial charge in [-0.15, -0.1) is 5.10 Å². The predicted molar refractivity (Wildman–Crippen MR) is 120 cm³/mol. The molecule has 1 atom stereocenters. The number of primary amides is 1. The average Bonchev–Trinajstić information content (AvgIpc) is 3.21. The number of aromatic nitrogens is 3. The third kappa shape index (κ3) is 3.07. The zero-order chi connectivity index (χ0) is 22.4. The molecular weight excluding hydrogens is 408 g/mol. The standard InChI is InChI=1S/C23H18N6O3/c1-13-19(21(24)30)20(15-9-11-16(12-10-15)29(31)32)28-23(25-13)26-22(27-28)18-8-4-6-14-5-2-3-7-17(14)18/h2-12,20H,1H3,(H2,24,30)(H,25,26,27). The van der Waals surface area contributed by atoms with Crippen LogP contribution in [-0.2, 0) is 4.79 Å². The predicted octanol–water partition coefficient (Wildman–Crippen LogP) is 3.78. The number of non-ortho nitro benzene ring substituents is 1. The highest BCUT2D eigenvalue weighted by Crippen LogP contribution is 2.37. The van der Waals surface area contributed by atoms with Gasteiger partial charge >= 0.3 is 0 Å². The van der Waals surface area contributed by atoms with Crippen molar-refractivity contribution in [1.82, 2.24) is 14.8 Å². The Balaban J connectivity index is 1.68. The van der Waals surface area contributed by atoms with Crippen LogP contribution in [0.4, 0.5) is 11.6 Å². The quantitative estimate of drug-likeness (QED) is 0.377. The summed E-state index contributed by atoms with van der Waals surface area (Å²) in [5, 5.41) is 21.0. The van der Waals surface area contributed by atoms with Crippen LogP contribution in [-0.4, -0.2) is 25.6 Å². The maximum atomic E-state index is 12.3. The Morgan fingerprint density at radius 2 is 1.81 bits per heavy atom. The monoisotopic (exact) mass is 426 g/mol. The van der Waals surface area contributed by atoms with Crippen molar-refractivity contribution in [3.8, 4) is 11.4 Å². The van der Waals surface area contributed by atoms with E-state index in [4.69, 9.17) is 10.8 Å². The largest absolute Gasteiger partial charge is 0.366 e. The molecule has 0 spiro atoms. The van der Waals surface area contributed by atoms with E-state index in [1.165, 1.54) is 12.1 Å². The van der Waals surface area contributed by atoms with Gasteiger partial charge in [-0.3, -0.25) is 14.9 Å². The van der Waals surface area contributed by atoms with E-state index in [-0.39, 0.29) is 5.69 Å². The molecule has 0 saturated heterocycles. The molecule has 5 rings (SSSR count). The number of amides is 1. The lowest BCUT2D eigenvalue weighted by Crippen LogP contribution is -2.31. The van der Waals surface area contributed by atoms with Gasteiger partial charge in [-0.1, -0.05) is 42.5 Å². The fraction of sp³-hybridized carbons (Fsp3) is 0.0870. The van der Waals surface area contributed by atoms with E-state index in [9.17, 15) is 14.9 Å². The average molecular weight is 426 g/mol. The van der Waals surface area contributed by atoms with E-state index < -0.39 is 16.9 Å². The van der Waals surface area contributed by atoms with Gasteiger partial charge in [-0.05, 0) is 35.4 Å². The van der Waals surface area contributed by atoms with Crippen LogP contribution in [0, 0.1) is 10.1 Å². The maximum Gasteiger partial charge on any atom is 0.269 e. The smallest absolute Gasteiger partial charge is 0.269 e. The first-order chi connectivity index (χ1) is 15.4. The summed E-state index contributed by atoms with van der Waals surface area (Å²) in [6.45, 7) is 1.74. The molecule has 0 saturated carbocycles. The summed E-state index contributed by atoms with van der Waals surface area (Å²) >= 11 is 0. The van der Waals surface area contributed by atoms with Crippen molar-refractivity contribution in [3.05, 3.63) is 93.7 Å². The Bertz CT molecular complexity index is 1420. The van der Waals surface area contributed by atoms with E-state index in [2.05, 4.69) is 10.3 Å². The Morgan fingerprint density at radius 3 is 2.53 bits per heavy atom. The number of fused-ring (bicyclic) bond motifs is 2. The van der Waals surface area contributed by atoms with Gasteiger partial charge in [0.1, 0.15) is 6.04 Å². The number of benzene rings is 3. The molecule has 9 nitrogen and oxygen atoms in total. The number of nitro benzene ring substituents is 1. The summed E-state index contributed by atoms with van der Waals surface area (Å²) in [6.07, 6.45) is 0. The van der Waals surface area contributed by atoms with E-state index in [1.54, 1.807) is 23.7 Å². The first-order valence-electron chi connectivity index (χ1n) is 9.90. The molecule has 0 aliphatic carbocycles. The molecule has 1 aliphatic rings. The van der Waals surface area contributed by atoms with Crippen LogP contribution >= 0.6 is 0 Å². The van der Waals surface area contributed by atoms with Gasteiger partial charge in [-0.25, -0.2) is 4.68 Å². The number of nitro groups is 1. The molecule has 9 heteroatoms. The summed E-state index contributed by atoms with van der Waals surface area (Å²) in [7, 11) is 0. The second-order valence-corrected chi connectivity index (χ2v) is 7.51. The molecule has 3 N–H and O–H groups in total. The number of nitrogens with one attached hydrogen (secondary N) is 1. The lowest BCUT2D eigenvalue weighted by molar-refractivity contribution is -0.384. The number of hydrogen-bond donors (Lipinski definition) is 2. The van der Waals surface area contributed by atoms with Gasteiger partial charge in [0.25, 0.3) is 5.69 Å². The van der Waals surface area contributed by atoms with Crippen LogP contribution in [0.2, 0.25) is 0 Å². The summed E-state index contributed by atoms with van der Waals surface area (Å²) in [5.74, 6) is 0.347. The lowest BCUT2D eigenvalue weighted by atomic mass is 9.95. The summed E-state index contributed by atoms with van der Waals surface area (Å²) in [6, 6.07) is 19.2. The van der Waals surface area contributed by atoms with Gasteiger partial charge in [0.05, 0.1) is 10.5 Å². The number of carbonyl (C=O) groups excluding carboxylic acids is 1. The molecule has 1 aromatic heterocycles. The highest BCUT2D eigenvalue weighted by Gasteiger charge is 2.33. The fourth-order valence-electron chi connectivity index (χ4n) is 4.09. The van der Waals surface area contributed by atoms with Crippen molar-refractivity contribution >= 4 is 28.3 Å². The third-order valence-corrected chi connectivity index (χ3v) is 5.57. The van der Waals surface area contributed by atoms with Crippen molar-refractivity contribution in [3.63, 3.8) is 0 Å². The van der Waals surface area contributed by atoms with Crippen LogP contribution in [0.3, 0.4) is 0 Å². The SMILES string of the molecule is CC1=C(C(N)=O)C(c2ccc([N+](=O)[O-])cc2)n2nc(-c3cccc4ccccc34)nc2N1. The molecule has 0 radical (unpaired) electrons. The topological polar surface area (TPSA) is 129 Å². The van der Waals surface area contributed by atoms with Crippen LogP contribution in [0.1, 0.15) is 18.5 Å². The lowest BCUT2D eigenvalue weighted by Gasteiger charge is -2.27. The van der Waals surface area contributed by atoms with Crippen molar-refractivity contribution < 1.29 is 9.72 Å². The number of rotatable bonds is 4. The van der Waals surface area contributed by atoms with Crippen LogP contribution in [0.25, 0.3) is 22.2 Å². The Labute approximate surface area is 182 Å². The molecule has 0 bridgehead atoms. The van der Waals surface area contributed by atoms with Crippen molar-refractivity contribution in [2.24, 2.45) is 5.73 Å².